The molecule has 5 nitrogen and oxygen atoms in total. The number of fused-ring (bicyclic) bond motifs is 1. The molecule has 26 heavy (non-hydrogen) atoms. The Balaban J connectivity index is 1.74. The van der Waals surface area contributed by atoms with Crippen LogP contribution in [0, 0.1) is 0 Å². The number of aromatic nitrogens is 2. The number of nitrogens with zero attached hydrogens (tertiary/aromatic N) is 3. The van der Waals surface area contributed by atoms with E-state index >= 15 is 0 Å². The van der Waals surface area contributed by atoms with Crippen molar-refractivity contribution in [2.45, 2.75) is 18.9 Å². The number of hydrogen-bond acceptors (Lipinski definition) is 4. The van der Waals surface area contributed by atoms with E-state index in [1.54, 1.807) is 22.6 Å². The van der Waals surface area contributed by atoms with Crippen molar-refractivity contribution in [3.05, 3.63) is 46.2 Å². The molecule has 1 aliphatic heterocycles. The fraction of sp³-hybridized carbons (Fsp3) is 0.333. The van der Waals surface area contributed by atoms with Gasteiger partial charge in [-0.25, -0.2) is 4.98 Å². The number of rotatable bonds is 4. The Hall–Kier alpha value is -1.60. The van der Waals surface area contributed by atoms with Crippen LogP contribution in [-0.2, 0) is 11.8 Å². The lowest BCUT2D eigenvalue weighted by molar-refractivity contribution is 0.0911. The van der Waals surface area contributed by atoms with Crippen LogP contribution in [0.2, 0.25) is 10.2 Å². The van der Waals surface area contributed by atoms with E-state index in [1.165, 1.54) is 11.3 Å². The smallest absolute Gasteiger partial charge is 0.276 e. The molecule has 4 rings (SSSR count). The van der Waals surface area contributed by atoms with E-state index in [4.69, 9.17) is 27.9 Å². The van der Waals surface area contributed by atoms with Crippen molar-refractivity contribution in [1.29, 1.82) is 0 Å². The van der Waals surface area contributed by atoms with E-state index in [0.717, 1.165) is 29.7 Å². The first-order valence-corrected chi connectivity index (χ1v) is 9.91. The Morgan fingerprint density at radius 3 is 2.88 bits per heavy atom. The molecule has 1 aliphatic rings. The number of carbonyl (C=O) groups excluding carboxylic acids is 1. The second kappa shape index (κ2) is 7.19. The zero-order valence-electron chi connectivity index (χ0n) is 14.1. The Morgan fingerprint density at radius 1 is 1.42 bits per heavy atom. The number of para-hydroxylation sites is 1. The molecule has 0 N–H and O–H groups in total. The number of ether oxygens (including phenoxy) is 1. The summed E-state index contributed by atoms with van der Waals surface area (Å²) in [4.78, 5) is 19.6. The van der Waals surface area contributed by atoms with Crippen molar-refractivity contribution in [2.24, 2.45) is 7.05 Å². The zero-order valence-corrected chi connectivity index (χ0v) is 16.4. The van der Waals surface area contributed by atoms with E-state index < -0.39 is 0 Å². The largest absolute Gasteiger partial charge is 0.376 e. The Kier molecular flexibility index (Phi) is 4.92. The van der Waals surface area contributed by atoms with Gasteiger partial charge in [-0.1, -0.05) is 46.7 Å². The highest BCUT2D eigenvalue weighted by Crippen LogP contribution is 2.32. The topological polar surface area (TPSA) is 47.4 Å². The van der Waals surface area contributed by atoms with E-state index in [1.807, 2.05) is 24.3 Å². The van der Waals surface area contributed by atoms with Crippen LogP contribution in [0.15, 0.2) is 30.3 Å². The van der Waals surface area contributed by atoms with Crippen LogP contribution in [-0.4, -0.2) is 34.7 Å². The van der Waals surface area contributed by atoms with E-state index in [-0.39, 0.29) is 12.0 Å². The Morgan fingerprint density at radius 2 is 2.23 bits per heavy atom. The third-order valence-corrected chi connectivity index (χ3v) is 6.41. The summed E-state index contributed by atoms with van der Waals surface area (Å²) in [5.74, 6) is -0.184. The average Bonchev–Trinajstić information content (AvgIpc) is 3.35. The Bertz CT molecular complexity index is 930. The van der Waals surface area contributed by atoms with Crippen LogP contribution in [0.3, 0.4) is 0 Å². The second-order valence-corrected chi connectivity index (χ2v) is 8.02. The molecular weight excluding hydrogens is 393 g/mol. The van der Waals surface area contributed by atoms with Gasteiger partial charge in [0, 0.05) is 13.7 Å². The third-order valence-electron chi connectivity index (χ3n) is 4.50. The first kappa shape index (κ1) is 17.8. The highest BCUT2D eigenvalue weighted by atomic mass is 35.5. The molecular formula is C18H17Cl2N3O2S. The molecule has 1 fully saturated rings. The van der Waals surface area contributed by atoms with Crippen LogP contribution in [0.1, 0.15) is 23.3 Å². The summed E-state index contributed by atoms with van der Waals surface area (Å²) in [7, 11) is 1.73. The summed E-state index contributed by atoms with van der Waals surface area (Å²) in [6.07, 6.45) is 1.95. The fourth-order valence-corrected chi connectivity index (χ4v) is 4.45. The van der Waals surface area contributed by atoms with Gasteiger partial charge in [0.15, 0.2) is 5.13 Å². The molecule has 3 heterocycles. The SMILES string of the molecule is Cn1c(C(=O)N(CC2CCCO2)c2nc3ccccc3s2)cc(Cl)c1Cl. The van der Waals surface area contributed by atoms with Gasteiger partial charge in [0.1, 0.15) is 10.8 Å². The minimum atomic E-state index is -0.184. The predicted octanol–water partition coefficient (Wildman–Crippen LogP) is 4.77. The van der Waals surface area contributed by atoms with Crippen LogP contribution in [0.4, 0.5) is 5.13 Å². The second-order valence-electron chi connectivity index (χ2n) is 6.24. The molecule has 1 amide bonds. The van der Waals surface area contributed by atoms with Crippen molar-refractivity contribution >= 4 is 55.8 Å². The summed E-state index contributed by atoms with van der Waals surface area (Å²) in [6, 6.07) is 9.45. The minimum Gasteiger partial charge on any atom is -0.376 e. The maximum atomic E-state index is 13.3. The van der Waals surface area contributed by atoms with E-state index in [2.05, 4.69) is 4.98 Å². The number of benzene rings is 1. The molecule has 0 aliphatic carbocycles. The van der Waals surface area contributed by atoms with Gasteiger partial charge >= 0.3 is 0 Å². The average molecular weight is 410 g/mol. The quantitative estimate of drug-likeness (QED) is 0.623. The summed E-state index contributed by atoms with van der Waals surface area (Å²) >= 11 is 13.7. The van der Waals surface area contributed by atoms with Gasteiger partial charge in [-0.3, -0.25) is 9.69 Å². The zero-order chi connectivity index (χ0) is 18.3. The molecule has 0 saturated carbocycles. The molecule has 1 atom stereocenters. The first-order chi connectivity index (χ1) is 12.5. The van der Waals surface area contributed by atoms with Gasteiger partial charge in [0.25, 0.3) is 5.91 Å². The Labute approximate surface area is 165 Å². The van der Waals surface area contributed by atoms with Crippen molar-refractivity contribution < 1.29 is 9.53 Å². The van der Waals surface area contributed by atoms with E-state index in [0.29, 0.717) is 27.5 Å². The summed E-state index contributed by atoms with van der Waals surface area (Å²) < 4.78 is 8.39. The summed E-state index contributed by atoms with van der Waals surface area (Å²) in [6.45, 7) is 1.19. The highest BCUT2D eigenvalue weighted by Gasteiger charge is 2.29. The first-order valence-electron chi connectivity index (χ1n) is 8.34. The number of halogens is 2. The predicted molar refractivity (Wildman–Crippen MR) is 106 cm³/mol. The molecule has 2 aromatic heterocycles. The van der Waals surface area contributed by atoms with Gasteiger partial charge < -0.3 is 9.30 Å². The van der Waals surface area contributed by atoms with Crippen molar-refractivity contribution in [1.82, 2.24) is 9.55 Å². The van der Waals surface area contributed by atoms with Gasteiger partial charge in [-0.05, 0) is 31.0 Å². The standard InChI is InChI=1S/C18H17Cl2N3O2S/c1-22-14(9-12(19)16(22)20)17(24)23(10-11-5-4-8-25-11)18-21-13-6-2-3-7-15(13)26-18/h2-3,6-7,9,11H,4-5,8,10H2,1H3. The van der Waals surface area contributed by atoms with Crippen LogP contribution in [0.25, 0.3) is 10.2 Å². The number of carbonyl (C=O) groups is 1. The van der Waals surface area contributed by atoms with Gasteiger partial charge in [0.2, 0.25) is 0 Å². The van der Waals surface area contributed by atoms with Gasteiger partial charge in [-0.15, -0.1) is 0 Å². The molecule has 136 valence electrons. The number of anilines is 1. The summed E-state index contributed by atoms with van der Waals surface area (Å²) in [5, 5.41) is 1.36. The highest BCUT2D eigenvalue weighted by molar-refractivity contribution is 7.22. The van der Waals surface area contributed by atoms with Crippen molar-refractivity contribution in [2.75, 3.05) is 18.1 Å². The molecule has 8 heteroatoms. The molecule has 0 spiro atoms. The molecule has 0 bridgehead atoms. The fourth-order valence-electron chi connectivity index (χ4n) is 3.10. The molecule has 0 radical (unpaired) electrons. The van der Waals surface area contributed by atoms with Crippen molar-refractivity contribution in [3.63, 3.8) is 0 Å². The summed E-state index contributed by atoms with van der Waals surface area (Å²) in [5.41, 5.74) is 1.30. The normalized spacial score (nSPS) is 17.1. The third kappa shape index (κ3) is 3.22. The number of amides is 1. The monoisotopic (exact) mass is 409 g/mol. The van der Waals surface area contributed by atoms with Crippen LogP contribution >= 0.6 is 34.5 Å². The minimum absolute atomic E-state index is 0.0113. The number of thiazole rings is 1. The van der Waals surface area contributed by atoms with E-state index in [9.17, 15) is 4.79 Å². The molecule has 1 aromatic carbocycles. The maximum absolute atomic E-state index is 13.3. The van der Waals surface area contributed by atoms with Crippen LogP contribution in [0.5, 0.6) is 0 Å². The molecule has 3 aromatic rings. The van der Waals surface area contributed by atoms with Crippen molar-refractivity contribution in [3.8, 4) is 0 Å². The lowest BCUT2D eigenvalue weighted by atomic mass is 10.2. The van der Waals surface area contributed by atoms with Crippen LogP contribution < -0.4 is 4.90 Å². The maximum Gasteiger partial charge on any atom is 0.276 e. The molecule has 1 unspecified atom stereocenters. The van der Waals surface area contributed by atoms with Gasteiger partial charge in [-0.2, -0.15) is 0 Å². The number of hydrogen-bond donors (Lipinski definition) is 0. The molecule has 1 saturated heterocycles. The lowest BCUT2D eigenvalue weighted by Crippen LogP contribution is -2.38. The lowest BCUT2D eigenvalue weighted by Gasteiger charge is -2.23. The van der Waals surface area contributed by atoms with Gasteiger partial charge in [0.05, 0.1) is 27.9 Å².